The summed E-state index contributed by atoms with van der Waals surface area (Å²) in [6.07, 6.45) is 0.472. The van der Waals surface area contributed by atoms with Crippen molar-refractivity contribution in [1.82, 2.24) is 10.2 Å². The fraction of sp³-hybridized carbons (Fsp3) is 0.516. The first kappa shape index (κ1) is 31.7. The molecule has 3 unspecified atom stereocenters. The minimum Gasteiger partial charge on any atom is -0.507 e. The largest absolute Gasteiger partial charge is 0.507 e. The Morgan fingerprint density at radius 1 is 0.974 bits per heavy atom. The van der Waals surface area contributed by atoms with Crippen molar-refractivity contribution in [2.24, 2.45) is 5.92 Å². The Morgan fingerprint density at radius 2 is 1.54 bits per heavy atom. The number of amides is 3. The average molecular weight is 540 g/mol. The number of para-hydroxylation sites is 2. The van der Waals surface area contributed by atoms with Gasteiger partial charge >= 0.3 is 6.09 Å². The van der Waals surface area contributed by atoms with E-state index in [9.17, 15) is 19.5 Å². The highest BCUT2D eigenvalue weighted by Gasteiger charge is 2.39. The van der Waals surface area contributed by atoms with Crippen LogP contribution in [0.3, 0.4) is 0 Å². The van der Waals surface area contributed by atoms with Gasteiger partial charge in [-0.2, -0.15) is 0 Å². The summed E-state index contributed by atoms with van der Waals surface area (Å²) in [5.74, 6) is -1.15. The van der Waals surface area contributed by atoms with Crippen molar-refractivity contribution in [2.75, 3.05) is 11.9 Å². The van der Waals surface area contributed by atoms with Crippen LogP contribution < -0.4 is 10.6 Å². The molecule has 3 amide bonds. The van der Waals surface area contributed by atoms with Crippen molar-refractivity contribution in [2.45, 2.75) is 92.8 Å². The third-order valence-corrected chi connectivity index (χ3v) is 6.75. The Balaban J connectivity index is 2.62. The normalized spacial score (nSPS) is 13.7. The number of rotatable bonds is 10. The molecule has 8 nitrogen and oxygen atoms in total. The van der Waals surface area contributed by atoms with Crippen LogP contribution in [0.1, 0.15) is 82.7 Å². The van der Waals surface area contributed by atoms with Gasteiger partial charge in [0, 0.05) is 17.8 Å². The molecule has 0 aliphatic carbocycles. The third-order valence-electron chi connectivity index (χ3n) is 6.75. The number of aryl methyl sites for hydroxylation is 3. The third kappa shape index (κ3) is 8.22. The number of phenolic OH excluding ortho intramolecular Hbond substituents is 1. The Hall–Kier alpha value is -3.55. The smallest absolute Gasteiger partial charge is 0.408 e. The number of ether oxygens (including phenoxy) is 1. The minimum absolute atomic E-state index is 0.0479. The number of aromatic hydroxyl groups is 1. The van der Waals surface area contributed by atoms with Crippen LogP contribution in [0.25, 0.3) is 0 Å². The highest BCUT2D eigenvalue weighted by molar-refractivity contribution is 6.00. The molecular formula is C31H45N3O5. The number of nitrogens with one attached hydrogen (secondary N) is 2. The molecule has 0 saturated carbocycles. The van der Waals surface area contributed by atoms with E-state index >= 15 is 0 Å². The molecule has 0 aromatic heterocycles. The Bertz CT molecular complexity index is 1150. The molecule has 214 valence electrons. The van der Waals surface area contributed by atoms with E-state index in [2.05, 4.69) is 10.6 Å². The summed E-state index contributed by atoms with van der Waals surface area (Å²) >= 11 is 0. The van der Waals surface area contributed by atoms with E-state index in [1.807, 2.05) is 52.8 Å². The van der Waals surface area contributed by atoms with Crippen molar-refractivity contribution in [3.8, 4) is 5.75 Å². The predicted molar refractivity (Wildman–Crippen MR) is 155 cm³/mol. The summed E-state index contributed by atoms with van der Waals surface area (Å²) in [6, 6.07) is 8.81. The van der Waals surface area contributed by atoms with Gasteiger partial charge in [0.15, 0.2) is 0 Å². The number of carbonyl (C=O) groups is 3. The van der Waals surface area contributed by atoms with Crippen LogP contribution in [0.4, 0.5) is 10.5 Å². The molecule has 2 rings (SSSR count). The summed E-state index contributed by atoms with van der Waals surface area (Å²) in [5.41, 5.74) is 2.60. The van der Waals surface area contributed by atoms with Crippen molar-refractivity contribution in [3.05, 3.63) is 58.7 Å². The van der Waals surface area contributed by atoms with Gasteiger partial charge in [0.25, 0.3) is 5.91 Å². The van der Waals surface area contributed by atoms with Crippen LogP contribution in [-0.2, 0) is 14.3 Å². The molecule has 8 heteroatoms. The maximum absolute atomic E-state index is 14.2. The lowest BCUT2D eigenvalue weighted by Gasteiger charge is -2.36. The molecule has 3 N–H and O–H groups in total. The van der Waals surface area contributed by atoms with Crippen molar-refractivity contribution in [3.63, 3.8) is 0 Å². The molecule has 2 aromatic carbocycles. The fourth-order valence-corrected chi connectivity index (χ4v) is 4.46. The van der Waals surface area contributed by atoms with Crippen LogP contribution in [0.15, 0.2) is 36.4 Å². The second-order valence-corrected chi connectivity index (χ2v) is 11.2. The molecule has 3 atom stereocenters. The molecule has 0 fully saturated rings. The average Bonchev–Trinajstić information content (AvgIpc) is 2.85. The lowest BCUT2D eigenvalue weighted by Crippen LogP contribution is -2.55. The van der Waals surface area contributed by atoms with Gasteiger partial charge in [0.1, 0.15) is 23.4 Å². The summed E-state index contributed by atoms with van der Waals surface area (Å²) in [4.78, 5) is 42.5. The van der Waals surface area contributed by atoms with Gasteiger partial charge in [-0.3, -0.25) is 9.59 Å². The van der Waals surface area contributed by atoms with E-state index < -0.39 is 35.6 Å². The first-order valence-electron chi connectivity index (χ1n) is 13.7. The zero-order valence-electron chi connectivity index (χ0n) is 24.8. The number of phenols is 1. The number of hydrogen-bond acceptors (Lipinski definition) is 5. The number of anilines is 1. The highest BCUT2D eigenvalue weighted by Crippen LogP contribution is 2.34. The van der Waals surface area contributed by atoms with Gasteiger partial charge in [-0.05, 0) is 70.6 Å². The molecule has 0 aliphatic rings. The quantitative estimate of drug-likeness (QED) is 0.334. The molecule has 0 bridgehead atoms. The monoisotopic (exact) mass is 539 g/mol. The molecule has 0 radical (unpaired) electrons. The molecule has 0 heterocycles. The number of hydrogen-bond donors (Lipinski definition) is 3. The van der Waals surface area contributed by atoms with Crippen molar-refractivity contribution < 1.29 is 24.2 Å². The maximum atomic E-state index is 14.2. The van der Waals surface area contributed by atoms with E-state index in [0.29, 0.717) is 29.7 Å². The van der Waals surface area contributed by atoms with E-state index in [-0.39, 0.29) is 18.2 Å². The topological polar surface area (TPSA) is 108 Å². The van der Waals surface area contributed by atoms with Crippen LogP contribution in [0.5, 0.6) is 5.75 Å². The van der Waals surface area contributed by atoms with Crippen LogP contribution in [-0.4, -0.2) is 46.1 Å². The van der Waals surface area contributed by atoms with E-state index in [1.54, 1.807) is 45.9 Å². The van der Waals surface area contributed by atoms with Crippen LogP contribution in [0, 0.1) is 26.7 Å². The second kappa shape index (κ2) is 13.5. The number of carbonyl (C=O) groups excluding carboxylic acids is 3. The van der Waals surface area contributed by atoms with Gasteiger partial charge < -0.3 is 25.4 Å². The maximum Gasteiger partial charge on any atom is 0.408 e. The molecule has 0 saturated heterocycles. The number of alkyl carbamates (subject to hydrolysis) is 1. The first-order valence-corrected chi connectivity index (χ1v) is 13.7. The summed E-state index contributed by atoms with van der Waals surface area (Å²) in [5, 5.41) is 16.8. The first-order chi connectivity index (χ1) is 18.2. The van der Waals surface area contributed by atoms with Gasteiger partial charge in [0.05, 0.1) is 0 Å². The minimum atomic E-state index is -1.14. The number of benzene rings is 2. The van der Waals surface area contributed by atoms with Crippen molar-refractivity contribution in [1.29, 1.82) is 0 Å². The molecule has 0 spiro atoms. The highest BCUT2D eigenvalue weighted by atomic mass is 16.6. The lowest BCUT2D eigenvalue weighted by atomic mass is 9.94. The van der Waals surface area contributed by atoms with E-state index in [4.69, 9.17) is 4.74 Å². The summed E-state index contributed by atoms with van der Waals surface area (Å²) in [6.45, 7) is 16.8. The van der Waals surface area contributed by atoms with Crippen molar-refractivity contribution >= 4 is 23.6 Å². The lowest BCUT2D eigenvalue weighted by molar-refractivity contribution is -0.142. The Labute approximate surface area is 233 Å². The van der Waals surface area contributed by atoms with Gasteiger partial charge in [0.2, 0.25) is 5.91 Å². The van der Waals surface area contributed by atoms with Gasteiger partial charge in [-0.25, -0.2) is 4.79 Å². The van der Waals surface area contributed by atoms with Crippen LogP contribution in [0.2, 0.25) is 0 Å². The molecule has 39 heavy (non-hydrogen) atoms. The van der Waals surface area contributed by atoms with Gasteiger partial charge in [-0.1, -0.05) is 63.6 Å². The zero-order valence-corrected chi connectivity index (χ0v) is 24.8. The zero-order chi connectivity index (χ0) is 29.5. The molecular weight excluding hydrogens is 494 g/mol. The summed E-state index contributed by atoms with van der Waals surface area (Å²) < 4.78 is 5.45. The standard InChI is InChI=1S/C31H45N3O5/c1-10-18-34(29(37)25(19(3)11-2)33-30(38)39-31(7,8)9)26(23-17-13-16-22(6)27(23)35)28(36)32-24-20(4)14-12-15-21(24)5/h12-17,19,25-26,35H,10-11,18H2,1-9H3,(H,32,36)(H,33,38). The van der Waals surface area contributed by atoms with E-state index in [1.165, 1.54) is 4.90 Å². The van der Waals surface area contributed by atoms with E-state index in [0.717, 1.165) is 11.1 Å². The van der Waals surface area contributed by atoms with Gasteiger partial charge in [-0.15, -0.1) is 0 Å². The number of nitrogens with zero attached hydrogens (tertiary/aromatic N) is 1. The predicted octanol–water partition coefficient (Wildman–Crippen LogP) is 6.18. The molecule has 2 aromatic rings. The SMILES string of the molecule is CCCN(C(=O)C(NC(=O)OC(C)(C)C)C(C)CC)C(C(=O)Nc1c(C)cccc1C)c1cccc(C)c1O. The molecule has 0 aliphatic heterocycles. The Morgan fingerprint density at radius 3 is 2.08 bits per heavy atom. The second-order valence-electron chi connectivity index (χ2n) is 11.2. The fourth-order valence-electron chi connectivity index (χ4n) is 4.46. The Kier molecular flexibility index (Phi) is 11.0. The summed E-state index contributed by atoms with van der Waals surface area (Å²) in [7, 11) is 0. The van der Waals surface area contributed by atoms with Crippen LogP contribution >= 0.6 is 0 Å².